The molecule has 0 saturated heterocycles. The molecule has 0 amide bonds. The highest BCUT2D eigenvalue weighted by Gasteiger charge is 2.17. The topological polar surface area (TPSA) is 68.7 Å². The van der Waals surface area contributed by atoms with E-state index in [1.54, 1.807) is 6.08 Å². The molecule has 0 N–H and O–H groups in total. The second-order valence-electron chi connectivity index (χ2n) is 8.45. The highest BCUT2D eigenvalue weighted by molar-refractivity contribution is 5.93. The van der Waals surface area contributed by atoms with Crippen LogP contribution in [-0.2, 0) is 7.05 Å². The lowest BCUT2D eigenvalue weighted by Gasteiger charge is -2.09. The van der Waals surface area contributed by atoms with Crippen LogP contribution in [0.2, 0.25) is 0 Å². The third kappa shape index (κ3) is 4.30. The summed E-state index contributed by atoms with van der Waals surface area (Å²) in [5, 5.41) is 15.0. The van der Waals surface area contributed by atoms with Crippen molar-refractivity contribution in [2.24, 2.45) is 7.05 Å². The van der Waals surface area contributed by atoms with Crippen molar-refractivity contribution >= 4 is 22.7 Å². The molecule has 0 bridgehead atoms. The number of hydrogen-bond acceptors (Lipinski definition) is 4. The maximum Gasteiger partial charge on any atom is 0.151 e. The van der Waals surface area contributed by atoms with Crippen molar-refractivity contribution in [2.75, 3.05) is 6.61 Å². The number of rotatable bonds is 7. The number of nitrogens with zero attached hydrogens (tertiary/aromatic N) is 5. The van der Waals surface area contributed by atoms with Gasteiger partial charge in [-0.05, 0) is 61.0 Å². The van der Waals surface area contributed by atoms with Gasteiger partial charge in [0.15, 0.2) is 5.82 Å². The van der Waals surface area contributed by atoms with E-state index in [4.69, 9.17) is 14.8 Å². The molecule has 36 heavy (non-hydrogen) atoms. The molecule has 3 aromatic carbocycles. The largest absolute Gasteiger partial charge is 0.489 e. The van der Waals surface area contributed by atoms with Crippen molar-refractivity contribution in [3.05, 3.63) is 109 Å². The first-order valence-electron chi connectivity index (χ1n) is 11.6. The summed E-state index contributed by atoms with van der Waals surface area (Å²) in [6, 6.07) is 26.1. The minimum Gasteiger partial charge on any atom is -0.489 e. The van der Waals surface area contributed by atoms with Crippen molar-refractivity contribution < 1.29 is 4.74 Å². The fraction of sp³-hybridized carbons (Fsp3) is 0.100. The lowest BCUT2D eigenvalue weighted by Crippen LogP contribution is -1.97. The summed E-state index contributed by atoms with van der Waals surface area (Å²) in [4.78, 5) is 4.72. The Labute approximate surface area is 210 Å². The average molecular weight is 472 g/mol. The Balaban J connectivity index is 1.65. The molecule has 5 aromatic rings. The van der Waals surface area contributed by atoms with Gasteiger partial charge in [0.2, 0.25) is 0 Å². The summed E-state index contributed by atoms with van der Waals surface area (Å²) < 4.78 is 9.54. The Morgan fingerprint density at radius 1 is 1.08 bits per heavy atom. The number of para-hydroxylation sites is 3. The quantitative estimate of drug-likeness (QED) is 0.204. The summed E-state index contributed by atoms with van der Waals surface area (Å²) >= 11 is 0. The number of nitriles is 1. The number of benzene rings is 3. The molecular weight excluding hydrogens is 446 g/mol. The van der Waals surface area contributed by atoms with Crippen LogP contribution in [0.3, 0.4) is 0 Å². The molecule has 0 aliphatic rings. The number of allylic oxidation sites excluding steroid dienone is 1. The number of imidazole rings is 1. The standard InChI is InChI=1S/C30H25N5O/c1-4-16-36-28-15-14-22(17-21(28)2)29-24(20-35(33-29)25-10-6-5-7-11-25)18-23(19-31)30-32-26-12-8-9-13-27(26)34(30)3/h4-15,17-18,20H,1,16H2,2-3H3. The monoisotopic (exact) mass is 471 g/mol. The van der Waals surface area contributed by atoms with Gasteiger partial charge in [-0.15, -0.1) is 0 Å². The third-order valence-electron chi connectivity index (χ3n) is 6.02. The van der Waals surface area contributed by atoms with Gasteiger partial charge >= 0.3 is 0 Å². The first-order chi connectivity index (χ1) is 17.6. The number of ether oxygens (including phenoxy) is 1. The Kier molecular flexibility index (Phi) is 6.21. The van der Waals surface area contributed by atoms with Crippen molar-refractivity contribution in [3.8, 4) is 28.8 Å². The van der Waals surface area contributed by atoms with E-state index in [0.717, 1.165) is 44.9 Å². The van der Waals surface area contributed by atoms with Crippen LogP contribution in [0.15, 0.2) is 91.6 Å². The maximum atomic E-state index is 10.1. The molecule has 5 rings (SSSR count). The number of hydrogen-bond donors (Lipinski definition) is 0. The summed E-state index contributed by atoms with van der Waals surface area (Å²) in [6.07, 6.45) is 5.53. The van der Waals surface area contributed by atoms with E-state index in [0.29, 0.717) is 18.0 Å². The van der Waals surface area contributed by atoms with Crippen LogP contribution in [0, 0.1) is 18.3 Å². The van der Waals surface area contributed by atoms with E-state index in [2.05, 4.69) is 18.7 Å². The van der Waals surface area contributed by atoms with Gasteiger partial charge in [-0.1, -0.05) is 43.0 Å². The molecule has 6 nitrogen and oxygen atoms in total. The summed E-state index contributed by atoms with van der Waals surface area (Å²) in [7, 11) is 1.93. The van der Waals surface area contributed by atoms with Crippen LogP contribution >= 0.6 is 0 Å². The van der Waals surface area contributed by atoms with Gasteiger partial charge < -0.3 is 9.30 Å². The van der Waals surface area contributed by atoms with Crippen LogP contribution in [0.1, 0.15) is 17.0 Å². The lowest BCUT2D eigenvalue weighted by molar-refractivity contribution is 0.361. The molecule has 2 heterocycles. The minimum atomic E-state index is 0.445. The highest BCUT2D eigenvalue weighted by atomic mass is 16.5. The van der Waals surface area contributed by atoms with Crippen LogP contribution in [0.5, 0.6) is 5.75 Å². The van der Waals surface area contributed by atoms with Crippen LogP contribution in [0.4, 0.5) is 0 Å². The number of fused-ring (bicyclic) bond motifs is 1. The maximum absolute atomic E-state index is 10.1. The molecule has 0 unspecified atom stereocenters. The van der Waals surface area contributed by atoms with Gasteiger partial charge in [-0.25, -0.2) is 9.67 Å². The van der Waals surface area contributed by atoms with Crippen molar-refractivity contribution in [1.29, 1.82) is 5.26 Å². The Morgan fingerprint density at radius 3 is 2.58 bits per heavy atom. The van der Waals surface area contributed by atoms with Crippen molar-refractivity contribution in [1.82, 2.24) is 19.3 Å². The zero-order valence-corrected chi connectivity index (χ0v) is 20.2. The molecule has 176 valence electrons. The van der Waals surface area contributed by atoms with Gasteiger partial charge in [-0.2, -0.15) is 10.4 Å². The van der Waals surface area contributed by atoms with Crippen molar-refractivity contribution in [3.63, 3.8) is 0 Å². The van der Waals surface area contributed by atoms with Gasteiger partial charge in [0.1, 0.15) is 24.1 Å². The molecular formula is C30H25N5O. The highest BCUT2D eigenvalue weighted by Crippen LogP contribution is 2.31. The summed E-state index contributed by atoms with van der Waals surface area (Å²) in [5.74, 6) is 1.41. The van der Waals surface area contributed by atoms with Gasteiger partial charge in [-0.3, -0.25) is 0 Å². The molecule has 0 fully saturated rings. The third-order valence-corrected chi connectivity index (χ3v) is 6.02. The smallest absolute Gasteiger partial charge is 0.151 e. The Hall–Kier alpha value is -4.89. The number of aryl methyl sites for hydroxylation is 2. The van der Waals surface area contributed by atoms with Gasteiger partial charge in [0.25, 0.3) is 0 Å². The van der Waals surface area contributed by atoms with Gasteiger partial charge in [0, 0.05) is 24.4 Å². The van der Waals surface area contributed by atoms with E-state index in [1.165, 1.54) is 0 Å². The Morgan fingerprint density at radius 2 is 1.86 bits per heavy atom. The van der Waals surface area contributed by atoms with Crippen LogP contribution < -0.4 is 4.74 Å². The van der Waals surface area contributed by atoms with E-state index in [9.17, 15) is 5.26 Å². The minimum absolute atomic E-state index is 0.445. The molecule has 0 radical (unpaired) electrons. The first kappa shape index (κ1) is 22.9. The summed E-state index contributed by atoms with van der Waals surface area (Å²) in [6.45, 7) is 6.17. The normalized spacial score (nSPS) is 11.4. The van der Waals surface area contributed by atoms with Crippen LogP contribution in [0.25, 0.3) is 39.6 Å². The molecule has 0 saturated carbocycles. The zero-order valence-electron chi connectivity index (χ0n) is 20.2. The average Bonchev–Trinajstić information content (AvgIpc) is 3.48. The van der Waals surface area contributed by atoms with Gasteiger partial charge in [0.05, 0.1) is 22.3 Å². The van der Waals surface area contributed by atoms with Crippen molar-refractivity contribution in [2.45, 2.75) is 6.92 Å². The SMILES string of the molecule is C=CCOc1ccc(-c2nn(-c3ccccc3)cc2C=C(C#N)c2nc3ccccc3n2C)cc1C. The first-order valence-corrected chi connectivity index (χ1v) is 11.6. The predicted octanol–water partition coefficient (Wildman–Crippen LogP) is 6.36. The summed E-state index contributed by atoms with van der Waals surface area (Å²) in [5.41, 5.74) is 6.73. The molecule has 2 aromatic heterocycles. The second-order valence-corrected chi connectivity index (χ2v) is 8.45. The van der Waals surface area contributed by atoms with E-state index < -0.39 is 0 Å². The number of aromatic nitrogens is 4. The molecule has 0 aliphatic carbocycles. The van der Waals surface area contributed by atoms with E-state index >= 15 is 0 Å². The van der Waals surface area contributed by atoms with E-state index in [-0.39, 0.29) is 0 Å². The molecule has 0 atom stereocenters. The fourth-order valence-corrected chi connectivity index (χ4v) is 4.23. The fourth-order valence-electron chi connectivity index (χ4n) is 4.23. The zero-order chi connectivity index (χ0) is 25.1. The lowest BCUT2D eigenvalue weighted by atomic mass is 10.0. The Bertz CT molecular complexity index is 1630. The second kappa shape index (κ2) is 9.77. The predicted molar refractivity (Wildman–Crippen MR) is 144 cm³/mol. The van der Waals surface area contributed by atoms with Crippen LogP contribution in [-0.4, -0.2) is 25.9 Å². The van der Waals surface area contributed by atoms with E-state index in [1.807, 2.05) is 102 Å². The molecule has 0 aliphatic heterocycles. The molecule has 0 spiro atoms. The molecule has 6 heteroatoms.